The lowest BCUT2D eigenvalue weighted by Gasteiger charge is -2.38. The van der Waals surface area contributed by atoms with Gasteiger partial charge in [-0.3, -0.25) is 9.80 Å². The van der Waals surface area contributed by atoms with E-state index < -0.39 is 0 Å². The monoisotopic (exact) mass is 346 g/mol. The average Bonchev–Trinajstić information content (AvgIpc) is 3.08. The van der Waals surface area contributed by atoms with Gasteiger partial charge in [-0.15, -0.1) is 0 Å². The first-order chi connectivity index (χ1) is 12.1. The molecule has 2 aliphatic heterocycles. The molecule has 4 heteroatoms. The molecule has 1 atom stereocenters. The average molecular weight is 347 g/mol. The SMILES string of the molecule is CC(C)(CN1CCOCC1)CN(Cc1ccccc1)CC1CCCO1. The summed E-state index contributed by atoms with van der Waals surface area (Å²) < 4.78 is 11.4. The van der Waals surface area contributed by atoms with Gasteiger partial charge in [-0.25, -0.2) is 0 Å². The molecule has 2 fully saturated rings. The van der Waals surface area contributed by atoms with Crippen LogP contribution in [-0.4, -0.2) is 68.4 Å². The third kappa shape index (κ3) is 6.37. The predicted octanol–water partition coefficient (Wildman–Crippen LogP) is 3.03. The van der Waals surface area contributed by atoms with Crippen molar-refractivity contribution in [3.8, 4) is 0 Å². The number of ether oxygens (including phenoxy) is 2. The van der Waals surface area contributed by atoms with Gasteiger partial charge in [0.05, 0.1) is 19.3 Å². The molecule has 2 aliphatic rings. The van der Waals surface area contributed by atoms with Crippen molar-refractivity contribution in [1.29, 1.82) is 0 Å². The summed E-state index contributed by atoms with van der Waals surface area (Å²) in [6.45, 7) is 13.9. The van der Waals surface area contributed by atoms with Crippen molar-refractivity contribution in [2.45, 2.75) is 39.3 Å². The molecule has 0 amide bonds. The predicted molar refractivity (Wildman–Crippen MR) is 102 cm³/mol. The second-order valence-electron chi connectivity index (χ2n) is 8.34. The molecule has 2 saturated heterocycles. The van der Waals surface area contributed by atoms with Crippen LogP contribution in [-0.2, 0) is 16.0 Å². The van der Waals surface area contributed by atoms with Crippen LogP contribution in [0.4, 0.5) is 0 Å². The maximum absolute atomic E-state index is 5.92. The standard InChI is InChI=1S/C21H34N2O2/c1-21(2,17-22-10-13-24-14-11-22)18-23(16-20-9-6-12-25-20)15-19-7-4-3-5-8-19/h3-5,7-8,20H,6,9-18H2,1-2H3. The van der Waals surface area contributed by atoms with Gasteiger partial charge in [0.2, 0.25) is 0 Å². The molecule has 0 saturated carbocycles. The normalized spacial score (nSPS) is 22.6. The highest BCUT2D eigenvalue weighted by Gasteiger charge is 2.28. The summed E-state index contributed by atoms with van der Waals surface area (Å²) in [5, 5.41) is 0. The third-order valence-corrected chi connectivity index (χ3v) is 5.14. The number of benzene rings is 1. The molecule has 1 aromatic carbocycles. The molecular formula is C21H34N2O2. The van der Waals surface area contributed by atoms with Gasteiger partial charge in [-0.05, 0) is 23.8 Å². The second-order valence-corrected chi connectivity index (χ2v) is 8.34. The van der Waals surface area contributed by atoms with Gasteiger partial charge in [-0.2, -0.15) is 0 Å². The van der Waals surface area contributed by atoms with E-state index in [2.05, 4.69) is 54.0 Å². The van der Waals surface area contributed by atoms with Gasteiger partial charge in [-0.1, -0.05) is 44.2 Å². The molecule has 0 bridgehead atoms. The van der Waals surface area contributed by atoms with E-state index in [1.54, 1.807) is 0 Å². The van der Waals surface area contributed by atoms with Gasteiger partial charge >= 0.3 is 0 Å². The van der Waals surface area contributed by atoms with E-state index in [-0.39, 0.29) is 5.41 Å². The van der Waals surface area contributed by atoms with Crippen LogP contribution in [0.25, 0.3) is 0 Å². The Kier molecular flexibility index (Phi) is 6.88. The summed E-state index contributed by atoms with van der Waals surface area (Å²) in [4.78, 5) is 5.15. The van der Waals surface area contributed by atoms with E-state index in [1.807, 2.05) is 0 Å². The van der Waals surface area contributed by atoms with Crippen LogP contribution < -0.4 is 0 Å². The van der Waals surface area contributed by atoms with E-state index in [0.29, 0.717) is 6.10 Å². The summed E-state index contributed by atoms with van der Waals surface area (Å²) in [5.74, 6) is 0. The highest BCUT2D eigenvalue weighted by atomic mass is 16.5. The Hall–Kier alpha value is -0.940. The van der Waals surface area contributed by atoms with Crippen LogP contribution >= 0.6 is 0 Å². The Morgan fingerprint density at radius 3 is 2.56 bits per heavy atom. The molecule has 0 aliphatic carbocycles. The maximum Gasteiger partial charge on any atom is 0.0702 e. The number of hydrogen-bond acceptors (Lipinski definition) is 4. The molecule has 2 heterocycles. The fourth-order valence-electron chi connectivity index (χ4n) is 4.12. The Balaban J connectivity index is 1.60. The smallest absolute Gasteiger partial charge is 0.0702 e. The fourth-order valence-corrected chi connectivity index (χ4v) is 4.12. The van der Waals surface area contributed by atoms with Gasteiger partial charge in [0.1, 0.15) is 0 Å². The minimum atomic E-state index is 0.255. The Morgan fingerprint density at radius 2 is 1.88 bits per heavy atom. The second kappa shape index (κ2) is 9.13. The molecule has 1 aromatic rings. The largest absolute Gasteiger partial charge is 0.379 e. The number of rotatable bonds is 8. The molecular weight excluding hydrogens is 312 g/mol. The summed E-state index contributed by atoms with van der Waals surface area (Å²) in [7, 11) is 0. The fraction of sp³-hybridized carbons (Fsp3) is 0.714. The molecule has 0 aromatic heterocycles. The topological polar surface area (TPSA) is 24.9 Å². The number of morpholine rings is 1. The first-order valence-electron chi connectivity index (χ1n) is 9.79. The first-order valence-corrected chi connectivity index (χ1v) is 9.79. The molecule has 25 heavy (non-hydrogen) atoms. The lowest BCUT2D eigenvalue weighted by atomic mass is 9.91. The minimum absolute atomic E-state index is 0.255. The van der Waals surface area contributed by atoms with E-state index in [0.717, 1.165) is 59.1 Å². The molecule has 0 N–H and O–H groups in total. The molecule has 0 radical (unpaired) electrons. The van der Waals surface area contributed by atoms with Crippen molar-refractivity contribution < 1.29 is 9.47 Å². The highest BCUT2D eigenvalue weighted by Crippen LogP contribution is 2.23. The zero-order chi connectivity index (χ0) is 17.5. The van der Waals surface area contributed by atoms with Crippen molar-refractivity contribution >= 4 is 0 Å². The quantitative estimate of drug-likeness (QED) is 0.722. The number of hydrogen-bond donors (Lipinski definition) is 0. The van der Waals surface area contributed by atoms with Gasteiger partial charge < -0.3 is 9.47 Å². The Labute approximate surface area is 153 Å². The van der Waals surface area contributed by atoms with Crippen LogP contribution in [0.1, 0.15) is 32.3 Å². The van der Waals surface area contributed by atoms with Gasteiger partial charge in [0, 0.05) is 45.9 Å². The molecule has 1 unspecified atom stereocenters. The first kappa shape index (κ1) is 18.8. The van der Waals surface area contributed by atoms with Crippen LogP contribution in [0.3, 0.4) is 0 Å². The van der Waals surface area contributed by atoms with Crippen LogP contribution in [0.15, 0.2) is 30.3 Å². The lowest BCUT2D eigenvalue weighted by Crippen LogP contribution is -2.47. The molecule has 3 rings (SSSR count). The Bertz CT molecular complexity index is 494. The molecule has 0 spiro atoms. The third-order valence-electron chi connectivity index (χ3n) is 5.14. The lowest BCUT2D eigenvalue weighted by molar-refractivity contribution is 0.00833. The van der Waals surface area contributed by atoms with Gasteiger partial charge in [0.15, 0.2) is 0 Å². The van der Waals surface area contributed by atoms with E-state index in [9.17, 15) is 0 Å². The number of nitrogens with zero attached hydrogens (tertiary/aromatic N) is 2. The van der Waals surface area contributed by atoms with Crippen LogP contribution in [0.2, 0.25) is 0 Å². The summed E-state index contributed by atoms with van der Waals surface area (Å²) >= 11 is 0. The maximum atomic E-state index is 5.92. The minimum Gasteiger partial charge on any atom is -0.379 e. The molecule has 4 nitrogen and oxygen atoms in total. The van der Waals surface area contributed by atoms with Crippen molar-refractivity contribution in [1.82, 2.24) is 9.80 Å². The van der Waals surface area contributed by atoms with Crippen molar-refractivity contribution in [2.75, 3.05) is 52.5 Å². The van der Waals surface area contributed by atoms with Crippen LogP contribution in [0.5, 0.6) is 0 Å². The molecule has 140 valence electrons. The summed E-state index contributed by atoms with van der Waals surface area (Å²) in [5.41, 5.74) is 1.65. The van der Waals surface area contributed by atoms with Crippen molar-refractivity contribution in [3.05, 3.63) is 35.9 Å². The summed E-state index contributed by atoms with van der Waals surface area (Å²) in [6, 6.07) is 10.8. The Morgan fingerprint density at radius 1 is 1.12 bits per heavy atom. The van der Waals surface area contributed by atoms with E-state index >= 15 is 0 Å². The highest BCUT2D eigenvalue weighted by molar-refractivity contribution is 5.14. The van der Waals surface area contributed by atoms with Crippen molar-refractivity contribution in [3.63, 3.8) is 0 Å². The van der Waals surface area contributed by atoms with Gasteiger partial charge in [0.25, 0.3) is 0 Å². The van der Waals surface area contributed by atoms with E-state index in [4.69, 9.17) is 9.47 Å². The summed E-state index contributed by atoms with van der Waals surface area (Å²) in [6.07, 6.45) is 2.82. The van der Waals surface area contributed by atoms with Crippen molar-refractivity contribution in [2.24, 2.45) is 5.41 Å². The zero-order valence-corrected chi connectivity index (χ0v) is 16.0. The zero-order valence-electron chi connectivity index (χ0n) is 16.0. The van der Waals surface area contributed by atoms with Crippen LogP contribution in [0, 0.1) is 5.41 Å². The van der Waals surface area contributed by atoms with E-state index in [1.165, 1.54) is 18.4 Å².